The Labute approximate surface area is 100 Å². The highest BCUT2D eigenvalue weighted by Gasteiger charge is 2.12. The van der Waals surface area contributed by atoms with Crippen molar-refractivity contribution in [1.82, 2.24) is 4.57 Å². The average molecular weight is 279 g/mol. The first-order valence-electron chi connectivity index (χ1n) is 4.49. The summed E-state index contributed by atoms with van der Waals surface area (Å²) in [6, 6.07) is 7.13. The van der Waals surface area contributed by atoms with Gasteiger partial charge in [0.2, 0.25) is 0 Å². The molecule has 1 aromatic heterocycles. The molecule has 0 aliphatic carbocycles. The standard InChI is InChI=1S/C11H7BrN2O2/c1-14-3-2-7-4-8(11(15)16-12)5-9(6-13)10(7)14/h2-5H,1H3. The number of hydrogen-bond donors (Lipinski definition) is 0. The summed E-state index contributed by atoms with van der Waals surface area (Å²) in [7, 11) is 1.85. The molecule has 2 aromatic rings. The molecule has 0 spiro atoms. The Morgan fingerprint density at radius 1 is 1.56 bits per heavy atom. The van der Waals surface area contributed by atoms with Gasteiger partial charge in [-0.15, -0.1) is 0 Å². The van der Waals surface area contributed by atoms with Gasteiger partial charge < -0.3 is 8.40 Å². The first-order chi connectivity index (χ1) is 7.67. The molecule has 2 rings (SSSR count). The molecular weight excluding hydrogens is 272 g/mol. The van der Waals surface area contributed by atoms with E-state index in [2.05, 4.69) is 26.2 Å². The van der Waals surface area contributed by atoms with Crippen LogP contribution in [0.1, 0.15) is 15.9 Å². The molecule has 0 fully saturated rings. The maximum atomic E-state index is 11.3. The van der Waals surface area contributed by atoms with Gasteiger partial charge in [-0.05, 0) is 18.2 Å². The highest BCUT2D eigenvalue weighted by molar-refractivity contribution is 9.06. The van der Waals surface area contributed by atoms with Gasteiger partial charge in [0, 0.05) is 18.6 Å². The third-order valence-corrected chi connectivity index (χ3v) is 2.69. The molecule has 80 valence electrons. The van der Waals surface area contributed by atoms with Gasteiger partial charge in [0.1, 0.15) is 6.07 Å². The number of hydrogen-bond acceptors (Lipinski definition) is 3. The molecule has 0 bridgehead atoms. The number of rotatable bonds is 1. The molecule has 0 saturated heterocycles. The highest BCUT2D eigenvalue weighted by Crippen LogP contribution is 2.22. The summed E-state index contributed by atoms with van der Waals surface area (Å²) < 4.78 is 6.29. The van der Waals surface area contributed by atoms with E-state index in [0.29, 0.717) is 11.1 Å². The fourth-order valence-electron chi connectivity index (χ4n) is 1.69. The van der Waals surface area contributed by atoms with Gasteiger partial charge >= 0.3 is 5.97 Å². The number of nitriles is 1. The van der Waals surface area contributed by atoms with Crippen molar-refractivity contribution in [2.75, 3.05) is 0 Å². The first-order valence-corrected chi connectivity index (χ1v) is 5.14. The topological polar surface area (TPSA) is 55.0 Å². The minimum absolute atomic E-state index is 0.354. The van der Waals surface area contributed by atoms with Crippen LogP contribution in [0.25, 0.3) is 10.9 Å². The summed E-state index contributed by atoms with van der Waals surface area (Å²) in [5.41, 5.74) is 1.62. The van der Waals surface area contributed by atoms with Crippen LogP contribution in [0.5, 0.6) is 0 Å². The van der Waals surface area contributed by atoms with Crippen molar-refractivity contribution in [3.8, 4) is 6.07 Å². The summed E-state index contributed by atoms with van der Waals surface area (Å²) in [5.74, 6) is -0.512. The number of carbonyl (C=O) groups excluding carboxylic acids is 1. The number of benzene rings is 1. The van der Waals surface area contributed by atoms with Crippen LogP contribution in [0, 0.1) is 11.3 Å². The second-order valence-corrected chi connectivity index (χ2v) is 3.69. The lowest BCUT2D eigenvalue weighted by Gasteiger charge is -2.02. The van der Waals surface area contributed by atoms with Crippen LogP contribution < -0.4 is 0 Å². The predicted octanol–water partition coefficient (Wildman–Crippen LogP) is 2.52. The predicted molar refractivity (Wildman–Crippen MR) is 62.0 cm³/mol. The Balaban J connectivity index is 2.76. The number of carbonyl (C=O) groups is 1. The second kappa shape index (κ2) is 3.99. The molecule has 1 aromatic carbocycles. The Bertz CT molecular complexity index is 610. The summed E-state index contributed by atoms with van der Waals surface area (Å²) in [6.45, 7) is 0. The zero-order chi connectivity index (χ0) is 11.7. The summed E-state index contributed by atoms with van der Waals surface area (Å²) in [5, 5.41) is 9.87. The molecule has 1 heterocycles. The van der Waals surface area contributed by atoms with Crippen molar-refractivity contribution in [2.45, 2.75) is 0 Å². The number of nitrogens with zero attached hydrogens (tertiary/aromatic N) is 2. The maximum Gasteiger partial charge on any atom is 0.349 e. The molecule has 0 saturated carbocycles. The summed E-state index contributed by atoms with van der Waals surface area (Å²) in [6.07, 6.45) is 1.84. The van der Waals surface area contributed by atoms with Gasteiger partial charge in [-0.3, -0.25) is 0 Å². The van der Waals surface area contributed by atoms with E-state index in [1.807, 2.05) is 23.9 Å². The number of aryl methyl sites for hydroxylation is 1. The highest BCUT2D eigenvalue weighted by atomic mass is 79.9. The minimum atomic E-state index is -0.512. The van der Waals surface area contributed by atoms with Gasteiger partial charge in [-0.25, -0.2) is 4.79 Å². The van der Waals surface area contributed by atoms with Gasteiger partial charge in [0.05, 0.1) is 16.6 Å². The van der Waals surface area contributed by atoms with Crippen molar-refractivity contribution in [2.24, 2.45) is 7.05 Å². The van der Waals surface area contributed by atoms with E-state index in [4.69, 9.17) is 5.26 Å². The second-order valence-electron chi connectivity index (χ2n) is 3.36. The quantitative estimate of drug-likeness (QED) is 0.806. The normalized spacial score (nSPS) is 10.1. The van der Waals surface area contributed by atoms with E-state index in [9.17, 15) is 4.79 Å². The molecule has 0 radical (unpaired) electrons. The molecule has 0 atom stereocenters. The minimum Gasteiger partial charge on any atom is -0.380 e. The average Bonchev–Trinajstić information content (AvgIpc) is 2.69. The van der Waals surface area contributed by atoms with Crippen molar-refractivity contribution in [1.29, 1.82) is 5.26 Å². The van der Waals surface area contributed by atoms with Gasteiger partial charge in [-0.1, -0.05) is 0 Å². The van der Waals surface area contributed by atoms with E-state index in [1.54, 1.807) is 6.07 Å². The molecule has 0 amide bonds. The largest absolute Gasteiger partial charge is 0.380 e. The number of fused-ring (bicyclic) bond motifs is 1. The van der Waals surface area contributed by atoms with Crippen LogP contribution in [0.3, 0.4) is 0 Å². The molecule has 0 aliphatic heterocycles. The van der Waals surface area contributed by atoms with Crippen molar-refractivity contribution in [3.05, 3.63) is 35.5 Å². The lowest BCUT2D eigenvalue weighted by atomic mass is 10.1. The number of aromatic nitrogens is 1. The fraction of sp³-hybridized carbons (Fsp3) is 0.0909. The van der Waals surface area contributed by atoms with E-state index in [1.165, 1.54) is 6.07 Å². The molecule has 16 heavy (non-hydrogen) atoms. The van der Waals surface area contributed by atoms with Crippen LogP contribution in [0.4, 0.5) is 0 Å². The lowest BCUT2D eigenvalue weighted by Crippen LogP contribution is -1.99. The number of halogens is 1. The van der Waals surface area contributed by atoms with Crippen LogP contribution in [-0.4, -0.2) is 10.5 Å². The van der Waals surface area contributed by atoms with Crippen LogP contribution >= 0.6 is 16.3 Å². The molecule has 0 N–H and O–H groups in total. The van der Waals surface area contributed by atoms with Crippen molar-refractivity contribution >= 4 is 33.1 Å². The smallest absolute Gasteiger partial charge is 0.349 e. The maximum absolute atomic E-state index is 11.3. The van der Waals surface area contributed by atoms with E-state index in [-0.39, 0.29) is 0 Å². The Hall–Kier alpha value is -1.80. The zero-order valence-electron chi connectivity index (χ0n) is 8.40. The van der Waals surface area contributed by atoms with Crippen LogP contribution in [0.2, 0.25) is 0 Å². The molecule has 4 nitrogen and oxygen atoms in total. The third-order valence-electron chi connectivity index (χ3n) is 2.40. The first kappa shape index (κ1) is 10.7. The summed E-state index contributed by atoms with van der Waals surface area (Å²) >= 11 is 2.63. The SMILES string of the molecule is Cn1ccc2cc(C(=O)OBr)cc(C#N)c21. The Morgan fingerprint density at radius 3 is 2.94 bits per heavy atom. The molecule has 5 heteroatoms. The molecule has 0 aliphatic rings. The zero-order valence-corrected chi connectivity index (χ0v) is 9.98. The van der Waals surface area contributed by atoms with Gasteiger partial charge in [0.15, 0.2) is 16.3 Å². The van der Waals surface area contributed by atoms with Crippen LogP contribution in [-0.2, 0) is 10.9 Å². The lowest BCUT2D eigenvalue weighted by molar-refractivity contribution is 0.0782. The monoisotopic (exact) mass is 278 g/mol. The Morgan fingerprint density at radius 2 is 2.31 bits per heavy atom. The van der Waals surface area contributed by atoms with Crippen LogP contribution in [0.15, 0.2) is 24.4 Å². The van der Waals surface area contributed by atoms with E-state index in [0.717, 1.165) is 10.9 Å². The van der Waals surface area contributed by atoms with E-state index < -0.39 is 5.97 Å². The van der Waals surface area contributed by atoms with Gasteiger partial charge in [-0.2, -0.15) is 5.26 Å². The van der Waals surface area contributed by atoms with Crippen molar-refractivity contribution in [3.63, 3.8) is 0 Å². The van der Waals surface area contributed by atoms with Crippen molar-refractivity contribution < 1.29 is 8.62 Å². The Kier molecular flexibility index (Phi) is 2.67. The third kappa shape index (κ3) is 1.57. The summed E-state index contributed by atoms with van der Waals surface area (Å²) in [4.78, 5) is 11.3. The van der Waals surface area contributed by atoms with E-state index >= 15 is 0 Å². The van der Waals surface area contributed by atoms with Gasteiger partial charge in [0.25, 0.3) is 0 Å². The molecular formula is C11H7BrN2O2. The molecule has 0 unspecified atom stereocenters. The fourth-order valence-corrected chi connectivity index (χ4v) is 1.88.